The number of nitrogens with zero attached hydrogens (tertiary/aromatic N) is 2. The highest BCUT2D eigenvalue weighted by Gasteiger charge is 2.07. The summed E-state index contributed by atoms with van der Waals surface area (Å²) in [6.45, 7) is 2.18. The fourth-order valence-corrected chi connectivity index (χ4v) is 1.51. The van der Waals surface area contributed by atoms with Crippen molar-refractivity contribution in [2.45, 2.75) is 13.5 Å². The summed E-state index contributed by atoms with van der Waals surface area (Å²) in [5.41, 5.74) is 0.677. The third kappa shape index (κ3) is 1.75. The minimum absolute atomic E-state index is 0.150. The number of pyridine rings is 1. The Balaban J connectivity index is 2.49. The lowest BCUT2D eigenvalue weighted by molar-refractivity contribution is 0.487. The van der Waals surface area contributed by atoms with E-state index in [-0.39, 0.29) is 11.1 Å². The summed E-state index contributed by atoms with van der Waals surface area (Å²) in [5, 5.41) is 8.77. The molecular weight excluding hydrogens is 204 g/mol. The summed E-state index contributed by atoms with van der Waals surface area (Å²) < 4.78 is 6.70. The number of aromatic nitrogens is 1. The van der Waals surface area contributed by atoms with Crippen molar-refractivity contribution >= 4 is 0 Å². The van der Waals surface area contributed by atoms with Gasteiger partial charge in [0.05, 0.1) is 12.8 Å². The second kappa shape index (κ2) is 4.07. The van der Waals surface area contributed by atoms with Gasteiger partial charge < -0.3 is 8.98 Å². The van der Waals surface area contributed by atoms with E-state index in [1.165, 1.54) is 10.6 Å². The lowest BCUT2D eigenvalue weighted by Crippen LogP contribution is -2.24. The van der Waals surface area contributed by atoms with Gasteiger partial charge in [-0.15, -0.1) is 0 Å². The largest absolute Gasteiger partial charge is 0.467 e. The van der Waals surface area contributed by atoms with Crippen molar-refractivity contribution in [2.75, 3.05) is 0 Å². The predicted octanol–water partition coefficient (Wildman–Crippen LogP) is 1.67. The molecule has 2 rings (SSSR count). The van der Waals surface area contributed by atoms with Crippen molar-refractivity contribution in [3.8, 4) is 6.07 Å². The van der Waals surface area contributed by atoms with Crippen LogP contribution in [0.5, 0.6) is 0 Å². The van der Waals surface area contributed by atoms with Gasteiger partial charge in [0, 0.05) is 5.69 Å². The second-order valence-electron chi connectivity index (χ2n) is 3.47. The Morgan fingerprint density at radius 2 is 2.25 bits per heavy atom. The fourth-order valence-electron chi connectivity index (χ4n) is 1.51. The van der Waals surface area contributed by atoms with Crippen LogP contribution < -0.4 is 5.56 Å². The molecule has 2 aromatic rings. The normalized spacial score (nSPS) is 10.0. The number of hydrogen-bond acceptors (Lipinski definition) is 3. The van der Waals surface area contributed by atoms with E-state index < -0.39 is 0 Å². The van der Waals surface area contributed by atoms with Crippen LogP contribution in [0.25, 0.3) is 0 Å². The van der Waals surface area contributed by atoms with Crippen LogP contribution in [0.2, 0.25) is 0 Å². The Morgan fingerprint density at radius 3 is 2.88 bits per heavy atom. The van der Waals surface area contributed by atoms with Crippen molar-refractivity contribution in [3.63, 3.8) is 0 Å². The highest BCUT2D eigenvalue weighted by atomic mass is 16.3. The van der Waals surface area contributed by atoms with Gasteiger partial charge in [-0.2, -0.15) is 5.26 Å². The lowest BCUT2D eigenvalue weighted by Gasteiger charge is -2.07. The first-order valence-electron chi connectivity index (χ1n) is 4.85. The van der Waals surface area contributed by atoms with E-state index in [4.69, 9.17) is 9.68 Å². The first-order valence-corrected chi connectivity index (χ1v) is 4.85. The molecule has 16 heavy (non-hydrogen) atoms. The minimum atomic E-state index is -0.279. The van der Waals surface area contributed by atoms with E-state index in [1.807, 2.05) is 13.0 Å². The SMILES string of the molecule is Cc1ccc(C#N)c(=O)n1Cc1ccco1. The van der Waals surface area contributed by atoms with Crippen LogP contribution >= 0.6 is 0 Å². The molecule has 80 valence electrons. The van der Waals surface area contributed by atoms with Crippen molar-refractivity contribution in [1.29, 1.82) is 5.26 Å². The Hall–Kier alpha value is -2.28. The molecular formula is C12H10N2O2. The Morgan fingerprint density at radius 1 is 1.44 bits per heavy atom. The first-order chi connectivity index (χ1) is 7.72. The van der Waals surface area contributed by atoms with Crippen LogP contribution in [0.3, 0.4) is 0 Å². The molecule has 0 amide bonds. The zero-order valence-electron chi connectivity index (χ0n) is 8.80. The number of hydrogen-bond donors (Lipinski definition) is 0. The molecule has 0 aromatic carbocycles. The summed E-state index contributed by atoms with van der Waals surface area (Å²) in [5.74, 6) is 0.695. The molecule has 0 saturated carbocycles. The molecule has 0 saturated heterocycles. The van der Waals surface area contributed by atoms with Gasteiger partial charge in [-0.3, -0.25) is 4.79 Å². The highest BCUT2D eigenvalue weighted by molar-refractivity contribution is 5.27. The van der Waals surface area contributed by atoms with Gasteiger partial charge in [0.25, 0.3) is 5.56 Å². The van der Waals surface area contributed by atoms with Crippen LogP contribution in [0.15, 0.2) is 39.7 Å². The molecule has 0 unspecified atom stereocenters. The number of rotatable bonds is 2. The van der Waals surface area contributed by atoms with Crippen molar-refractivity contribution < 1.29 is 4.42 Å². The number of furan rings is 1. The van der Waals surface area contributed by atoms with E-state index in [1.54, 1.807) is 24.5 Å². The van der Waals surface area contributed by atoms with Gasteiger partial charge in [0.15, 0.2) is 0 Å². The molecule has 4 nitrogen and oxygen atoms in total. The maximum atomic E-state index is 11.8. The minimum Gasteiger partial charge on any atom is -0.467 e. The quantitative estimate of drug-likeness (QED) is 0.764. The van der Waals surface area contributed by atoms with Gasteiger partial charge >= 0.3 is 0 Å². The van der Waals surface area contributed by atoms with Crippen LogP contribution in [-0.2, 0) is 6.54 Å². The molecule has 0 bridgehead atoms. The average Bonchev–Trinajstić information content (AvgIpc) is 2.77. The molecule has 0 aliphatic heterocycles. The third-order valence-corrected chi connectivity index (χ3v) is 2.41. The molecule has 0 spiro atoms. The molecule has 0 radical (unpaired) electrons. The maximum absolute atomic E-state index is 11.8. The standard InChI is InChI=1S/C12H10N2O2/c1-9-4-5-10(7-13)12(15)14(9)8-11-3-2-6-16-11/h2-6H,8H2,1H3. The number of aryl methyl sites for hydroxylation is 1. The summed E-state index contributed by atoms with van der Waals surface area (Å²) in [7, 11) is 0. The lowest BCUT2D eigenvalue weighted by atomic mass is 10.2. The summed E-state index contributed by atoms with van der Waals surface area (Å²) in [6, 6.07) is 8.73. The third-order valence-electron chi connectivity index (χ3n) is 2.41. The van der Waals surface area contributed by atoms with E-state index >= 15 is 0 Å². The van der Waals surface area contributed by atoms with Crippen LogP contribution in [0, 0.1) is 18.3 Å². The molecule has 0 aliphatic rings. The zero-order chi connectivity index (χ0) is 11.5. The monoisotopic (exact) mass is 214 g/mol. The Kier molecular flexibility index (Phi) is 2.61. The number of nitriles is 1. The van der Waals surface area contributed by atoms with Crippen LogP contribution in [-0.4, -0.2) is 4.57 Å². The molecule has 2 heterocycles. The van der Waals surface area contributed by atoms with Crippen LogP contribution in [0.1, 0.15) is 17.0 Å². The van der Waals surface area contributed by atoms with E-state index in [0.29, 0.717) is 12.3 Å². The zero-order valence-corrected chi connectivity index (χ0v) is 8.80. The highest BCUT2D eigenvalue weighted by Crippen LogP contribution is 2.05. The molecule has 0 aliphatic carbocycles. The summed E-state index contributed by atoms with van der Waals surface area (Å²) >= 11 is 0. The van der Waals surface area contributed by atoms with Gasteiger partial charge in [0.1, 0.15) is 17.4 Å². The van der Waals surface area contributed by atoms with Gasteiger partial charge in [-0.05, 0) is 31.2 Å². The summed E-state index contributed by atoms with van der Waals surface area (Å²) in [4.78, 5) is 11.8. The average molecular weight is 214 g/mol. The van der Waals surface area contributed by atoms with Gasteiger partial charge in [0.2, 0.25) is 0 Å². The molecule has 0 fully saturated rings. The molecule has 2 aromatic heterocycles. The van der Waals surface area contributed by atoms with E-state index in [0.717, 1.165) is 5.69 Å². The topological polar surface area (TPSA) is 58.9 Å². The van der Waals surface area contributed by atoms with Gasteiger partial charge in [-0.1, -0.05) is 0 Å². The van der Waals surface area contributed by atoms with Gasteiger partial charge in [-0.25, -0.2) is 0 Å². The Labute approximate surface area is 92.4 Å². The Bertz CT molecular complexity index is 588. The first kappa shape index (κ1) is 10.2. The second-order valence-corrected chi connectivity index (χ2v) is 3.47. The maximum Gasteiger partial charge on any atom is 0.269 e. The fraction of sp³-hybridized carbons (Fsp3) is 0.167. The van der Waals surface area contributed by atoms with Crippen LogP contribution in [0.4, 0.5) is 0 Å². The molecule has 0 N–H and O–H groups in total. The predicted molar refractivity (Wildman–Crippen MR) is 58.0 cm³/mol. The molecule has 4 heteroatoms. The van der Waals surface area contributed by atoms with Crippen molar-refractivity contribution in [1.82, 2.24) is 4.57 Å². The van der Waals surface area contributed by atoms with E-state index in [2.05, 4.69) is 0 Å². The smallest absolute Gasteiger partial charge is 0.269 e. The molecule has 0 atom stereocenters. The van der Waals surface area contributed by atoms with Crippen molar-refractivity contribution in [3.05, 3.63) is 57.9 Å². The van der Waals surface area contributed by atoms with E-state index in [9.17, 15) is 4.79 Å². The van der Waals surface area contributed by atoms with Crippen molar-refractivity contribution in [2.24, 2.45) is 0 Å². The summed E-state index contributed by atoms with van der Waals surface area (Å²) in [6.07, 6.45) is 1.56.